The molecule has 1 heterocycles. The molecular formula is C19H17BrN2O5S. The zero-order valence-electron chi connectivity index (χ0n) is 14.6. The molecule has 3 aromatic rings. The lowest BCUT2D eigenvalue weighted by atomic mass is 10.2. The summed E-state index contributed by atoms with van der Waals surface area (Å²) >= 11 is 3.40. The summed E-state index contributed by atoms with van der Waals surface area (Å²) in [5, 5.41) is 7.76. The number of rotatable bonds is 7. The van der Waals surface area contributed by atoms with Crippen molar-refractivity contribution in [3.63, 3.8) is 0 Å². The molecule has 0 aliphatic carbocycles. The molecule has 0 aliphatic heterocycles. The molecule has 146 valence electrons. The Morgan fingerprint density at radius 1 is 1.07 bits per heavy atom. The first-order valence-corrected chi connectivity index (χ1v) is 10.5. The van der Waals surface area contributed by atoms with Crippen molar-refractivity contribution >= 4 is 31.9 Å². The topological polar surface area (TPSA) is 112 Å². The smallest absolute Gasteiger partial charge is 0.287 e. The van der Waals surface area contributed by atoms with E-state index in [1.54, 1.807) is 24.3 Å². The van der Waals surface area contributed by atoms with E-state index in [9.17, 15) is 13.2 Å². The third kappa shape index (κ3) is 5.22. The fraction of sp³-hybridized carbons (Fsp3) is 0.105. The molecule has 0 fully saturated rings. The maximum Gasteiger partial charge on any atom is 0.287 e. The summed E-state index contributed by atoms with van der Waals surface area (Å²) in [6.07, 6.45) is 0. The molecule has 0 saturated heterocycles. The van der Waals surface area contributed by atoms with Gasteiger partial charge in [0.05, 0.1) is 9.37 Å². The van der Waals surface area contributed by atoms with Gasteiger partial charge < -0.3 is 14.5 Å². The van der Waals surface area contributed by atoms with Crippen LogP contribution in [-0.4, -0.2) is 14.3 Å². The Balaban J connectivity index is 1.55. The van der Waals surface area contributed by atoms with E-state index in [2.05, 4.69) is 21.2 Å². The van der Waals surface area contributed by atoms with E-state index in [0.717, 1.165) is 10.0 Å². The van der Waals surface area contributed by atoms with E-state index in [-0.39, 0.29) is 29.7 Å². The fourth-order valence-electron chi connectivity index (χ4n) is 2.35. The van der Waals surface area contributed by atoms with Gasteiger partial charge in [0.25, 0.3) is 5.91 Å². The summed E-state index contributed by atoms with van der Waals surface area (Å²) in [5.41, 5.74) is 0.727. The second-order valence-electron chi connectivity index (χ2n) is 5.86. The standard InChI is InChI=1S/C19H17BrN2O5S/c20-16-3-1-2-4-17(16)26-12-14-7-10-18(27-14)19(23)22-11-13-5-8-15(9-6-13)28(21,24)25/h1-10H,11-12H2,(H,22,23)(H2,21,24,25). The van der Waals surface area contributed by atoms with Gasteiger partial charge in [0.1, 0.15) is 18.1 Å². The van der Waals surface area contributed by atoms with Crippen LogP contribution >= 0.6 is 15.9 Å². The number of carbonyl (C=O) groups is 1. The van der Waals surface area contributed by atoms with Gasteiger partial charge in [-0.1, -0.05) is 24.3 Å². The van der Waals surface area contributed by atoms with Crippen LogP contribution in [0.5, 0.6) is 5.75 Å². The monoisotopic (exact) mass is 464 g/mol. The highest BCUT2D eigenvalue weighted by Gasteiger charge is 2.12. The molecule has 3 N–H and O–H groups in total. The number of hydrogen-bond donors (Lipinski definition) is 2. The minimum Gasteiger partial charge on any atom is -0.484 e. The number of ether oxygens (including phenoxy) is 1. The first-order valence-electron chi connectivity index (χ1n) is 8.19. The summed E-state index contributed by atoms with van der Waals surface area (Å²) < 4.78 is 34.5. The number of carbonyl (C=O) groups excluding carboxylic acids is 1. The summed E-state index contributed by atoms with van der Waals surface area (Å²) in [6, 6.07) is 16.6. The van der Waals surface area contributed by atoms with Crippen molar-refractivity contribution in [3.8, 4) is 5.75 Å². The van der Waals surface area contributed by atoms with Gasteiger partial charge >= 0.3 is 0 Å². The van der Waals surface area contributed by atoms with E-state index >= 15 is 0 Å². The molecule has 0 saturated carbocycles. The Morgan fingerprint density at radius 3 is 2.46 bits per heavy atom. The predicted molar refractivity (Wildman–Crippen MR) is 106 cm³/mol. The number of amides is 1. The van der Waals surface area contributed by atoms with Crippen LogP contribution in [0.4, 0.5) is 0 Å². The number of nitrogens with one attached hydrogen (secondary N) is 1. The normalized spacial score (nSPS) is 11.2. The lowest BCUT2D eigenvalue weighted by Gasteiger charge is -2.06. The molecule has 0 radical (unpaired) electrons. The highest BCUT2D eigenvalue weighted by molar-refractivity contribution is 9.10. The van der Waals surface area contributed by atoms with Gasteiger partial charge in [-0.15, -0.1) is 0 Å². The highest BCUT2D eigenvalue weighted by atomic mass is 79.9. The van der Waals surface area contributed by atoms with Crippen molar-refractivity contribution < 1.29 is 22.4 Å². The third-order valence-corrected chi connectivity index (χ3v) is 5.38. The number of benzene rings is 2. The van der Waals surface area contributed by atoms with E-state index in [1.807, 2.05) is 24.3 Å². The van der Waals surface area contributed by atoms with Gasteiger partial charge in [0.15, 0.2) is 5.76 Å². The van der Waals surface area contributed by atoms with Gasteiger partial charge in [-0.2, -0.15) is 0 Å². The van der Waals surface area contributed by atoms with Crippen LogP contribution in [0.2, 0.25) is 0 Å². The molecule has 1 amide bonds. The number of primary sulfonamides is 1. The Hall–Kier alpha value is -2.62. The van der Waals surface area contributed by atoms with Crippen LogP contribution in [0.1, 0.15) is 21.9 Å². The minimum atomic E-state index is -3.74. The van der Waals surface area contributed by atoms with E-state index in [1.165, 1.54) is 12.1 Å². The van der Waals surface area contributed by atoms with Crippen molar-refractivity contribution in [2.45, 2.75) is 18.0 Å². The summed E-state index contributed by atoms with van der Waals surface area (Å²) in [6.45, 7) is 0.401. The van der Waals surface area contributed by atoms with Crippen LogP contribution in [-0.2, 0) is 23.2 Å². The Bertz CT molecular complexity index is 1080. The lowest BCUT2D eigenvalue weighted by Crippen LogP contribution is -2.22. The van der Waals surface area contributed by atoms with Crippen molar-refractivity contribution in [2.75, 3.05) is 0 Å². The number of nitrogens with two attached hydrogens (primary N) is 1. The number of para-hydroxylation sites is 1. The van der Waals surface area contributed by atoms with Gasteiger partial charge in [-0.25, -0.2) is 13.6 Å². The first-order chi connectivity index (χ1) is 13.3. The van der Waals surface area contributed by atoms with Crippen LogP contribution in [0.15, 0.2) is 74.4 Å². The summed E-state index contributed by atoms with van der Waals surface area (Å²) in [7, 11) is -3.74. The van der Waals surface area contributed by atoms with E-state index < -0.39 is 10.0 Å². The van der Waals surface area contributed by atoms with E-state index in [0.29, 0.717) is 11.5 Å². The van der Waals surface area contributed by atoms with Gasteiger partial charge in [0, 0.05) is 6.54 Å². The van der Waals surface area contributed by atoms with Crippen LogP contribution in [0, 0.1) is 0 Å². The zero-order valence-corrected chi connectivity index (χ0v) is 17.0. The second-order valence-corrected chi connectivity index (χ2v) is 8.27. The lowest BCUT2D eigenvalue weighted by molar-refractivity contribution is 0.0919. The molecule has 0 atom stereocenters. The molecule has 7 nitrogen and oxygen atoms in total. The SMILES string of the molecule is NS(=O)(=O)c1ccc(CNC(=O)c2ccc(COc3ccccc3Br)o2)cc1. The highest BCUT2D eigenvalue weighted by Crippen LogP contribution is 2.25. The van der Waals surface area contributed by atoms with Gasteiger partial charge in [0.2, 0.25) is 10.0 Å². The van der Waals surface area contributed by atoms with Gasteiger partial charge in [-0.3, -0.25) is 4.79 Å². The quantitative estimate of drug-likeness (QED) is 0.557. The molecule has 1 aromatic heterocycles. The van der Waals surface area contributed by atoms with Gasteiger partial charge in [-0.05, 0) is 57.9 Å². The van der Waals surface area contributed by atoms with Crippen LogP contribution < -0.4 is 15.2 Å². The zero-order chi connectivity index (χ0) is 20.1. The Kier molecular flexibility index (Phi) is 6.18. The Labute approximate surface area is 170 Å². The molecule has 0 aliphatic rings. The van der Waals surface area contributed by atoms with Crippen molar-refractivity contribution in [1.82, 2.24) is 5.32 Å². The van der Waals surface area contributed by atoms with Crippen LogP contribution in [0.25, 0.3) is 0 Å². The third-order valence-electron chi connectivity index (χ3n) is 3.80. The van der Waals surface area contributed by atoms with Crippen molar-refractivity contribution in [2.24, 2.45) is 5.14 Å². The number of sulfonamides is 1. The summed E-state index contributed by atoms with van der Waals surface area (Å²) in [5.74, 6) is 0.959. The average Bonchev–Trinajstić information content (AvgIpc) is 3.14. The maximum absolute atomic E-state index is 12.2. The molecular weight excluding hydrogens is 448 g/mol. The number of hydrogen-bond acceptors (Lipinski definition) is 5. The number of furan rings is 1. The molecule has 2 aromatic carbocycles. The average molecular weight is 465 g/mol. The molecule has 3 rings (SSSR count). The molecule has 0 spiro atoms. The van der Waals surface area contributed by atoms with Crippen molar-refractivity contribution in [1.29, 1.82) is 0 Å². The van der Waals surface area contributed by atoms with Crippen LogP contribution in [0.3, 0.4) is 0 Å². The molecule has 9 heteroatoms. The first kappa shape index (κ1) is 20.1. The number of halogens is 1. The van der Waals surface area contributed by atoms with E-state index in [4.69, 9.17) is 14.3 Å². The largest absolute Gasteiger partial charge is 0.484 e. The predicted octanol–water partition coefficient (Wildman–Crippen LogP) is 3.20. The maximum atomic E-state index is 12.2. The summed E-state index contributed by atoms with van der Waals surface area (Å²) in [4.78, 5) is 12.2. The second kappa shape index (κ2) is 8.59. The fourth-order valence-corrected chi connectivity index (χ4v) is 3.27. The molecule has 28 heavy (non-hydrogen) atoms. The minimum absolute atomic E-state index is 0.0169. The molecule has 0 unspecified atom stereocenters. The molecule has 0 bridgehead atoms. The van der Waals surface area contributed by atoms with Crippen molar-refractivity contribution in [3.05, 3.63) is 82.2 Å². The Morgan fingerprint density at radius 2 is 1.79 bits per heavy atom.